The van der Waals surface area contributed by atoms with Crippen molar-refractivity contribution in [1.82, 2.24) is 18.5 Å². The number of phosphoric acid groups is 1. The van der Waals surface area contributed by atoms with E-state index in [9.17, 15) is 23.8 Å². The summed E-state index contributed by atoms with van der Waals surface area (Å²) in [5, 5.41) is 0. The van der Waals surface area contributed by atoms with E-state index in [2.05, 4.69) is 10.9 Å². The summed E-state index contributed by atoms with van der Waals surface area (Å²) in [4.78, 5) is 30.8. The van der Waals surface area contributed by atoms with Crippen LogP contribution in [0.4, 0.5) is 0 Å². The lowest BCUT2D eigenvalue weighted by molar-refractivity contribution is -0.337. The van der Waals surface area contributed by atoms with Gasteiger partial charge in [-0.15, -0.1) is 6.58 Å². The number of rotatable bonds is 6. The highest BCUT2D eigenvalue weighted by Crippen LogP contribution is 2.59. The molecule has 1 atom stereocenters. The van der Waals surface area contributed by atoms with Gasteiger partial charge in [0.25, 0.3) is 0 Å². The Kier molecular flexibility index (Phi) is 15.6. The lowest BCUT2D eigenvalue weighted by atomic mass is 10.3. The average molecular weight is 313 g/mol. The van der Waals surface area contributed by atoms with Crippen LogP contribution in [0.2, 0.25) is 0 Å². The van der Waals surface area contributed by atoms with Gasteiger partial charge < -0.3 is 37.7 Å². The molecule has 0 aromatic heterocycles. The first-order valence-corrected chi connectivity index (χ1v) is 8.05. The van der Waals surface area contributed by atoms with Crippen LogP contribution in [0.3, 0.4) is 0 Å². The van der Waals surface area contributed by atoms with Gasteiger partial charge in [-0.2, -0.15) is 0 Å². The Hall–Kier alpha value is 0.270. The van der Waals surface area contributed by atoms with E-state index in [4.69, 9.17) is 0 Å². The number of allylic oxidation sites excluding steroid dienone is 1. The average Bonchev–Trinajstić information content (AvgIpc) is 1.78. The Labute approximate surface area is 104 Å². The highest BCUT2D eigenvalue weighted by Gasteiger charge is 2.10. The number of hydrogen-bond donors (Lipinski definition) is 3. The molecule has 17 heavy (non-hydrogen) atoms. The maximum atomic E-state index is 10.8. The summed E-state index contributed by atoms with van der Waals surface area (Å²) in [6.07, 6.45) is 0.405. The summed E-state index contributed by atoms with van der Waals surface area (Å²) < 4.78 is 24.2. The van der Waals surface area contributed by atoms with Gasteiger partial charge in [0.2, 0.25) is 0 Å². The molecule has 0 bridgehead atoms. The molecule has 108 valence electrons. The van der Waals surface area contributed by atoms with Gasteiger partial charge in [0.15, 0.2) is 6.80 Å². The highest BCUT2D eigenvalue weighted by atomic mass is 32.7. The standard InChI is InChI=1S/C5H12O6P2S.3H3N/c1-5(2)3-4-14-13(9,10)11-12(6,7)8;;;/h1,3-4H2,2H3,(H,9,10)(H2,6,7,8);3*1H3. The molecule has 0 saturated heterocycles. The van der Waals surface area contributed by atoms with Crippen LogP contribution in [0, 0.1) is 0 Å². The monoisotopic (exact) mass is 313 g/mol. The van der Waals surface area contributed by atoms with Crippen LogP contribution in [0.15, 0.2) is 12.2 Å². The molecule has 0 spiro atoms. The van der Waals surface area contributed by atoms with Crippen molar-refractivity contribution in [3.63, 3.8) is 0 Å². The normalized spacial score (nSPS) is 13.4. The SMILES string of the molecule is C=C(C)CCSP(=O)([O-])OP(=O)([O-])[O-].[NH4+].[NH4+].[NH4+]. The molecule has 0 aromatic carbocycles. The zero-order valence-corrected chi connectivity index (χ0v) is 13.0. The summed E-state index contributed by atoms with van der Waals surface area (Å²) in [6, 6.07) is 0. The van der Waals surface area contributed by atoms with Crippen molar-refractivity contribution >= 4 is 26.0 Å². The molecule has 0 aliphatic carbocycles. The fourth-order valence-electron chi connectivity index (χ4n) is 0.478. The van der Waals surface area contributed by atoms with Gasteiger partial charge in [0.1, 0.15) is 0 Å². The van der Waals surface area contributed by atoms with Crippen molar-refractivity contribution < 1.29 is 28.1 Å². The van der Waals surface area contributed by atoms with E-state index >= 15 is 0 Å². The van der Waals surface area contributed by atoms with Gasteiger partial charge in [-0.1, -0.05) is 17.0 Å². The quantitative estimate of drug-likeness (QED) is 0.478. The molecule has 0 radical (unpaired) electrons. The predicted octanol–water partition coefficient (Wildman–Crippen LogP) is 1.13. The summed E-state index contributed by atoms with van der Waals surface area (Å²) in [5.41, 5.74) is 0.755. The molecular weight excluding hydrogens is 292 g/mol. The van der Waals surface area contributed by atoms with Gasteiger partial charge in [0, 0.05) is 5.75 Å². The second kappa shape index (κ2) is 10.2. The zero-order chi connectivity index (χ0) is 11.4. The molecule has 0 rings (SSSR count). The molecular formula is C5H21N3O6P2S. The number of quaternary nitrogens is 3. The number of hydrogen-bond acceptors (Lipinski definition) is 7. The third-order valence-corrected chi connectivity index (χ3v) is 5.38. The van der Waals surface area contributed by atoms with Crippen molar-refractivity contribution in [2.24, 2.45) is 0 Å². The van der Waals surface area contributed by atoms with Crippen molar-refractivity contribution in [3.05, 3.63) is 12.2 Å². The van der Waals surface area contributed by atoms with E-state index in [1.165, 1.54) is 0 Å². The largest absolute Gasteiger partial charge is 0.790 e. The van der Waals surface area contributed by atoms with Gasteiger partial charge in [-0.25, -0.2) is 0 Å². The van der Waals surface area contributed by atoms with Crippen molar-refractivity contribution in [2.45, 2.75) is 13.3 Å². The molecule has 0 aromatic rings. The zero-order valence-electron chi connectivity index (χ0n) is 10.4. The van der Waals surface area contributed by atoms with Crippen LogP contribution in [-0.4, -0.2) is 5.75 Å². The van der Waals surface area contributed by atoms with Gasteiger partial charge in [-0.3, -0.25) is 8.88 Å². The van der Waals surface area contributed by atoms with E-state index in [1.54, 1.807) is 6.92 Å². The molecule has 12 N–H and O–H groups in total. The Balaban J connectivity index is -0.000000282. The maximum Gasteiger partial charge on any atom is 0.195 e. The minimum atomic E-state index is -5.47. The molecule has 0 fully saturated rings. The van der Waals surface area contributed by atoms with E-state index in [-0.39, 0.29) is 35.6 Å². The molecule has 0 aliphatic rings. The van der Waals surface area contributed by atoms with E-state index in [0.717, 1.165) is 5.57 Å². The Morgan fingerprint density at radius 1 is 1.24 bits per heavy atom. The predicted molar refractivity (Wildman–Crippen MR) is 66.1 cm³/mol. The minimum absolute atomic E-state index is 0. The molecule has 0 amide bonds. The molecule has 0 heterocycles. The Morgan fingerprint density at radius 2 is 1.65 bits per heavy atom. The first kappa shape index (κ1) is 26.0. The maximum absolute atomic E-state index is 10.8. The van der Waals surface area contributed by atoms with Crippen LogP contribution in [0.25, 0.3) is 0 Å². The Morgan fingerprint density at radius 3 is 1.94 bits per heavy atom. The summed E-state index contributed by atoms with van der Waals surface area (Å²) in [6.45, 7) is 0.590. The second-order valence-electron chi connectivity index (χ2n) is 2.52. The lowest BCUT2D eigenvalue weighted by Gasteiger charge is -2.35. The van der Waals surface area contributed by atoms with Gasteiger partial charge in [0.05, 0.1) is 7.82 Å². The molecule has 9 nitrogen and oxygen atoms in total. The van der Waals surface area contributed by atoms with Crippen LogP contribution in [0.5, 0.6) is 0 Å². The Bertz CT molecular complexity index is 308. The molecule has 0 saturated carbocycles. The molecule has 12 heteroatoms. The molecule has 0 aliphatic heterocycles. The van der Waals surface area contributed by atoms with E-state index in [0.29, 0.717) is 6.42 Å². The van der Waals surface area contributed by atoms with Gasteiger partial charge >= 0.3 is 0 Å². The van der Waals surface area contributed by atoms with Crippen LogP contribution < -0.4 is 33.1 Å². The fraction of sp³-hybridized carbons (Fsp3) is 0.600. The topological polar surface area (TPSA) is 222 Å². The van der Waals surface area contributed by atoms with Crippen LogP contribution >= 0.6 is 26.0 Å². The van der Waals surface area contributed by atoms with E-state index < -0.39 is 14.6 Å². The minimum Gasteiger partial charge on any atom is -0.790 e. The second-order valence-corrected chi connectivity index (χ2v) is 7.74. The first-order chi connectivity index (χ1) is 6.12. The van der Waals surface area contributed by atoms with Crippen molar-refractivity contribution in [2.75, 3.05) is 5.75 Å². The van der Waals surface area contributed by atoms with Crippen molar-refractivity contribution in [3.8, 4) is 0 Å². The lowest BCUT2D eigenvalue weighted by Crippen LogP contribution is -2.17. The first-order valence-electron chi connectivity index (χ1n) is 3.46. The summed E-state index contributed by atoms with van der Waals surface area (Å²) in [5.74, 6) is 0.107. The summed E-state index contributed by atoms with van der Waals surface area (Å²) in [7, 11) is -5.47. The smallest absolute Gasteiger partial charge is 0.195 e. The van der Waals surface area contributed by atoms with Gasteiger partial charge in [-0.05, 0) is 13.3 Å². The van der Waals surface area contributed by atoms with Crippen LogP contribution in [-0.2, 0) is 13.4 Å². The molecule has 1 unspecified atom stereocenters. The van der Waals surface area contributed by atoms with Crippen molar-refractivity contribution in [1.29, 1.82) is 0 Å². The van der Waals surface area contributed by atoms with Crippen LogP contribution in [0.1, 0.15) is 13.3 Å². The van der Waals surface area contributed by atoms with E-state index in [1.807, 2.05) is 0 Å². The highest BCUT2D eigenvalue weighted by molar-refractivity contribution is 8.54. The third kappa shape index (κ3) is 18.8. The summed E-state index contributed by atoms with van der Waals surface area (Å²) >= 11 is 0.279. The fourth-order valence-corrected chi connectivity index (χ4v) is 4.41. The third-order valence-electron chi connectivity index (χ3n) is 0.978.